The van der Waals surface area contributed by atoms with E-state index in [2.05, 4.69) is 15.6 Å². The molecule has 2 amide bonds. The van der Waals surface area contributed by atoms with Gasteiger partial charge in [-0.3, -0.25) is 9.59 Å². The van der Waals surface area contributed by atoms with Gasteiger partial charge in [0, 0.05) is 25.2 Å². The van der Waals surface area contributed by atoms with Gasteiger partial charge in [-0.05, 0) is 23.8 Å². The number of nitrogens with zero attached hydrogens (tertiary/aromatic N) is 4. The van der Waals surface area contributed by atoms with Gasteiger partial charge < -0.3 is 15.0 Å². The van der Waals surface area contributed by atoms with Gasteiger partial charge in [0.05, 0.1) is 18.7 Å². The van der Waals surface area contributed by atoms with Gasteiger partial charge in [0.2, 0.25) is 11.8 Å². The number of benzene rings is 2. The fourth-order valence-corrected chi connectivity index (χ4v) is 3.04. The lowest BCUT2D eigenvalue weighted by Gasteiger charge is -2.23. The Morgan fingerprint density at radius 3 is 2.72 bits per heavy atom. The normalized spacial score (nSPS) is 10.8. The fraction of sp³-hybridized carbons (Fsp3) is 0.300. The van der Waals surface area contributed by atoms with Crippen LogP contribution in [0, 0.1) is 0 Å². The van der Waals surface area contributed by atoms with Gasteiger partial charge in [-0.2, -0.15) is 0 Å². The second kappa shape index (κ2) is 9.99. The van der Waals surface area contributed by atoms with Gasteiger partial charge in [0.15, 0.2) is 0 Å². The zero-order chi connectivity index (χ0) is 20.6. The molecule has 0 fully saturated rings. The summed E-state index contributed by atoms with van der Waals surface area (Å²) in [4.78, 5) is 26.8. The molecule has 1 N–H and O–H groups in total. The number of para-hydroxylation sites is 1. The van der Waals surface area contributed by atoms with E-state index in [-0.39, 0.29) is 31.4 Å². The number of carbonyl (C=O) groups is 2. The third kappa shape index (κ3) is 5.52. The van der Waals surface area contributed by atoms with E-state index in [0.717, 1.165) is 11.1 Å². The maximum absolute atomic E-state index is 13.0. The molecule has 3 rings (SSSR count). The van der Waals surface area contributed by atoms with Gasteiger partial charge in [-0.25, -0.2) is 4.68 Å². The standard InChI is InChI=1S/C20H22ClN5O3/c1-29-11-10-22-19(27)13-25(12-15-6-2-3-7-16(15)21)20(28)14-26-18-9-5-4-8-17(18)23-24-26/h2-9H,10-14H2,1H3,(H,22,27). The minimum absolute atomic E-state index is 0.0314. The van der Waals surface area contributed by atoms with Crippen molar-refractivity contribution in [1.82, 2.24) is 25.2 Å². The molecule has 0 spiro atoms. The maximum Gasteiger partial charge on any atom is 0.245 e. The van der Waals surface area contributed by atoms with E-state index in [0.29, 0.717) is 23.7 Å². The number of amides is 2. The lowest BCUT2D eigenvalue weighted by Crippen LogP contribution is -2.42. The van der Waals surface area contributed by atoms with Gasteiger partial charge in [0.1, 0.15) is 12.1 Å². The Hall–Kier alpha value is -2.97. The second-order valence-corrected chi connectivity index (χ2v) is 6.83. The monoisotopic (exact) mass is 415 g/mol. The van der Waals surface area contributed by atoms with E-state index in [1.807, 2.05) is 42.5 Å². The summed E-state index contributed by atoms with van der Waals surface area (Å²) < 4.78 is 6.46. The lowest BCUT2D eigenvalue weighted by atomic mass is 10.2. The SMILES string of the molecule is COCCNC(=O)CN(Cc1ccccc1Cl)C(=O)Cn1nnc2ccccc21. The second-order valence-electron chi connectivity index (χ2n) is 6.42. The summed E-state index contributed by atoms with van der Waals surface area (Å²) in [7, 11) is 1.56. The van der Waals surface area contributed by atoms with Crippen LogP contribution < -0.4 is 5.32 Å². The summed E-state index contributed by atoms with van der Waals surface area (Å²) in [6.07, 6.45) is 0. The summed E-state index contributed by atoms with van der Waals surface area (Å²) in [5.74, 6) is -0.534. The summed E-state index contributed by atoms with van der Waals surface area (Å²) >= 11 is 6.25. The van der Waals surface area contributed by atoms with E-state index in [9.17, 15) is 9.59 Å². The molecular formula is C20H22ClN5O3. The Labute approximate surface area is 173 Å². The van der Waals surface area contributed by atoms with Crippen molar-refractivity contribution in [2.75, 3.05) is 26.8 Å². The Balaban J connectivity index is 1.76. The van der Waals surface area contributed by atoms with Crippen LogP contribution >= 0.6 is 11.6 Å². The first-order valence-electron chi connectivity index (χ1n) is 9.13. The number of hydrogen-bond donors (Lipinski definition) is 1. The third-order valence-corrected chi connectivity index (χ3v) is 4.71. The molecule has 8 nitrogen and oxygen atoms in total. The number of ether oxygens (including phenoxy) is 1. The van der Waals surface area contributed by atoms with Crippen molar-refractivity contribution in [1.29, 1.82) is 0 Å². The molecule has 29 heavy (non-hydrogen) atoms. The molecule has 0 aliphatic carbocycles. The molecule has 0 saturated heterocycles. The molecule has 0 aliphatic rings. The predicted octanol–water partition coefficient (Wildman–Crippen LogP) is 1.88. The molecular weight excluding hydrogens is 394 g/mol. The third-order valence-electron chi connectivity index (χ3n) is 4.34. The molecule has 9 heteroatoms. The molecule has 1 aromatic heterocycles. The fourth-order valence-electron chi connectivity index (χ4n) is 2.85. The van der Waals surface area contributed by atoms with E-state index < -0.39 is 0 Å². The first kappa shape index (κ1) is 20.8. The number of nitrogens with one attached hydrogen (secondary N) is 1. The minimum Gasteiger partial charge on any atom is -0.383 e. The van der Waals surface area contributed by atoms with E-state index in [1.165, 1.54) is 9.58 Å². The molecule has 152 valence electrons. The first-order valence-corrected chi connectivity index (χ1v) is 9.51. The van der Waals surface area contributed by atoms with Crippen LogP contribution in [-0.2, 0) is 27.4 Å². The molecule has 0 aliphatic heterocycles. The Kier molecular flexibility index (Phi) is 7.15. The zero-order valence-electron chi connectivity index (χ0n) is 16.0. The van der Waals surface area contributed by atoms with Crippen LogP contribution in [0.4, 0.5) is 0 Å². The molecule has 0 radical (unpaired) electrons. The Bertz CT molecular complexity index is 991. The van der Waals surface area contributed by atoms with Crippen LogP contribution in [0.15, 0.2) is 48.5 Å². The van der Waals surface area contributed by atoms with Gasteiger partial charge in [-0.1, -0.05) is 47.1 Å². The summed E-state index contributed by atoms with van der Waals surface area (Å²) in [6, 6.07) is 14.6. The number of carbonyl (C=O) groups excluding carboxylic acids is 2. The molecule has 0 saturated carbocycles. The summed E-state index contributed by atoms with van der Waals surface area (Å²) in [5.41, 5.74) is 2.22. The molecule has 3 aromatic rings. The predicted molar refractivity (Wildman–Crippen MR) is 109 cm³/mol. The lowest BCUT2D eigenvalue weighted by molar-refractivity contribution is -0.137. The number of halogens is 1. The van der Waals surface area contributed by atoms with E-state index >= 15 is 0 Å². The molecule has 2 aromatic carbocycles. The highest BCUT2D eigenvalue weighted by atomic mass is 35.5. The number of fused-ring (bicyclic) bond motifs is 1. The van der Waals surface area contributed by atoms with Crippen LogP contribution in [-0.4, -0.2) is 58.5 Å². The van der Waals surface area contributed by atoms with Crippen molar-refractivity contribution >= 4 is 34.4 Å². The van der Waals surface area contributed by atoms with Crippen molar-refractivity contribution in [2.24, 2.45) is 0 Å². The first-order chi connectivity index (χ1) is 14.1. The van der Waals surface area contributed by atoms with Gasteiger partial charge >= 0.3 is 0 Å². The zero-order valence-corrected chi connectivity index (χ0v) is 16.8. The highest BCUT2D eigenvalue weighted by molar-refractivity contribution is 6.31. The van der Waals surface area contributed by atoms with Crippen LogP contribution in [0.25, 0.3) is 11.0 Å². The highest BCUT2D eigenvalue weighted by Crippen LogP contribution is 2.18. The minimum atomic E-state index is -0.272. The van der Waals surface area contributed by atoms with Crippen molar-refractivity contribution in [3.8, 4) is 0 Å². The largest absolute Gasteiger partial charge is 0.383 e. The van der Waals surface area contributed by atoms with E-state index in [1.54, 1.807) is 13.2 Å². The highest BCUT2D eigenvalue weighted by Gasteiger charge is 2.20. The smallest absolute Gasteiger partial charge is 0.245 e. The number of hydrogen-bond acceptors (Lipinski definition) is 5. The average molecular weight is 416 g/mol. The number of methoxy groups -OCH3 is 1. The Morgan fingerprint density at radius 1 is 1.17 bits per heavy atom. The van der Waals surface area contributed by atoms with Crippen LogP contribution in [0.5, 0.6) is 0 Å². The summed E-state index contributed by atoms with van der Waals surface area (Å²) in [5, 5.41) is 11.4. The summed E-state index contributed by atoms with van der Waals surface area (Å²) in [6.45, 7) is 0.853. The maximum atomic E-state index is 13.0. The van der Waals surface area contributed by atoms with Crippen molar-refractivity contribution in [3.05, 3.63) is 59.1 Å². The van der Waals surface area contributed by atoms with Crippen molar-refractivity contribution < 1.29 is 14.3 Å². The van der Waals surface area contributed by atoms with Gasteiger partial charge in [-0.15, -0.1) is 5.10 Å². The average Bonchev–Trinajstić information content (AvgIpc) is 3.12. The quantitative estimate of drug-likeness (QED) is 0.539. The van der Waals surface area contributed by atoms with Crippen molar-refractivity contribution in [3.63, 3.8) is 0 Å². The van der Waals surface area contributed by atoms with Crippen LogP contribution in [0.2, 0.25) is 5.02 Å². The van der Waals surface area contributed by atoms with Crippen molar-refractivity contribution in [2.45, 2.75) is 13.1 Å². The molecule has 0 bridgehead atoms. The Morgan fingerprint density at radius 2 is 1.93 bits per heavy atom. The van der Waals surface area contributed by atoms with E-state index in [4.69, 9.17) is 16.3 Å². The van der Waals surface area contributed by atoms with Gasteiger partial charge in [0.25, 0.3) is 0 Å². The molecule has 0 atom stereocenters. The molecule has 0 unspecified atom stereocenters. The number of rotatable bonds is 9. The molecule has 1 heterocycles. The van der Waals surface area contributed by atoms with Crippen LogP contribution in [0.1, 0.15) is 5.56 Å². The van der Waals surface area contributed by atoms with Crippen LogP contribution in [0.3, 0.4) is 0 Å². The topological polar surface area (TPSA) is 89.4 Å². The number of aromatic nitrogens is 3.